The molecule has 0 unspecified atom stereocenters. The second-order valence-electron chi connectivity index (χ2n) is 8.43. The molecule has 1 fully saturated rings. The van der Waals surface area contributed by atoms with Gasteiger partial charge < -0.3 is 0 Å². The summed E-state index contributed by atoms with van der Waals surface area (Å²) in [6.45, 7) is 2.26. The number of allylic oxidation sites excluding steroid dienone is 1. The smallest absolute Gasteiger partial charge is 0.0827 e. The highest BCUT2D eigenvalue weighted by Gasteiger charge is 2.21. The van der Waals surface area contributed by atoms with Crippen LogP contribution in [0.2, 0.25) is 0 Å². The molecule has 1 heteroatoms. The zero-order chi connectivity index (χ0) is 19.6. The summed E-state index contributed by atoms with van der Waals surface area (Å²) in [7, 11) is 0. The number of benzene rings is 2. The molecule has 0 heterocycles. The highest BCUT2D eigenvalue weighted by Crippen LogP contribution is 2.38. The molecule has 28 heavy (non-hydrogen) atoms. The molecule has 0 N–H and O–H groups in total. The second-order valence-corrected chi connectivity index (χ2v) is 8.43. The zero-order valence-corrected chi connectivity index (χ0v) is 17.4. The van der Waals surface area contributed by atoms with Crippen molar-refractivity contribution in [3.05, 3.63) is 72.1 Å². The van der Waals surface area contributed by atoms with Crippen molar-refractivity contribution in [1.82, 2.24) is 0 Å². The van der Waals surface area contributed by atoms with Gasteiger partial charge in [0.15, 0.2) is 0 Å². The van der Waals surface area contributed by atoms with Gasteiger partial charge in [0, 0.05) is 0 Å². The lowest BCUT2D eigenvalue weighted by Crippen LogP contribution is -2.13. The maximum atomic E-state index is 12.1. The van der Waals surface area contributed by atoms with Crippen molar-refractivity contribution >= 4 is 0 Å². The summed E-state index contributed by atoms with van der Waals surface area (Å²) in [4.78, 5) is 0. The van der Waals surface area contributed by atoms with E-state index >= 15 is 0 Å². The normalized spacial score (nSPS) is 19.9. The van der Waals surface area contributed by atoms with Gasteiger partial charge in [0.25, 0.3) is 0 Å². The van der Waals surface area contributed by atoms with Gasteiger partial charge in [0.05, 0.1) is 6.33 Å². The van der Waals surface area contributed by atoms with Crippen LogP contribution < -0.4 is 0 Å². The van der Waals surface area contributed by atoms with Crippen LogP contribution in [0.1, 0.15) is 81.8 Å². The summed E-state index contributed by atoms with van der Waals surface area (Å²) in [5.41, 5.74) is 5.57. The minimum Gasteiger partial charge on any atom is -0.216 e. The number of hydrogen-bond donors (Lipinski definition) is 0. The van der Waals surface area contributed by atoms with E-state index in [4.69, 9.17) is 0 Å². The number of hydrogen-bond acceptors (Lipinski definition) is 0. The van der Waals surface area contributed by atoms with Crippen molar-refractivity contribution in [3.63, 3.8) is 0 Å². The third kappa shape index (κ3) is 6.06. The van der Waals surface area contributed by atoms with Crippen LogP contribution in [0, 0.1) is 5.92 Å². The first-order chi connectivity index (χ1) is 13.8. The van der Waals surface area contributed by atoms with Gasteiger partial charge in [0.2, 0.25) is 0 Å². The number of rotatable bonds is 9. The van der Waals surface area contributed by atoms with Crippen LogP contribution >= 0.6 is 0 Å². The molecule has 1 saturated carbocycles. The Morgan fingerprint density at radius 2 is 1.50 bits per heavy atom. The molecular formula is C27H35F. The summed E-state index contributed by atoms with van der Waals surface area (Å²) < 4.78 is 12.1. The number of aryl methyl sites for hydroxylation is 1. The van der Waals surface area contributed by atoms with Crippen molar-refractivity contribution in [2.75, 3.05) is 0 Å². The van der Waals surface area contributed by atoms with E-state index < -0.39 is 0 Å². The molecule has 0 aromatic heterocycles. The van der Waals surface area contributed by atoms with Crippen LogP contribution in [0.15, 0.2) is 60.9 Å². The van der Waals surface area contributed by atoms with Crippen molar-refractivity contribution in [2.24, 2.45) is 5.92 Å². The first-order valence-electron chi connectivity index (χ1n) is 11.2. The topological polar surface area (TPSA) is 0 Å². The second kappa shape index (κ2) is 11.2. The summed E-state index contributed by atoms with van der Waals surface area (Å²) >= 11 is 0. The van der Waals surface area contributed by atoms with E-state index in [9.17, 15) is 4.39 Å². The first kappa shape index (κ1) is 20.8. The third-order valence-corrected chi connectivity index (χ3v) is 6.42. The van der Waals surface area contributed by atoms with Crippen LogP contribution in [0.25, 0.3) is 11.1 Å². The fraction of sp³-hybridized carbons (Fsp3) is 0.481. The highest BCUT2D eigenvalue weighted by molar-refractivity contribution is 5.64. The molecule has 150 valence electrons. The zero-order valence-electron chi connectivity index (χ0n) is 17.4. The molecule has 0 spiro atoms. The number of halogens is 1. The lowest BCUT2D eigenvalue weighted by Gasteiger charge is -2.28. The molecule has 0 atom stereocenters. The minimum atomic E-state index is 0.688. The van der Waals surface area contributed by atoms with Crippen molar-refractivity contribution in [3.8, 4) is 11.1 Å². The van der Waals surface area contributed by atoms with E-state index in [-0.39, 0.29) is 0 Å². The molecule has 2 aromatic carbocycles. The van der Waals surface area contributed by atoms with Crippen LogP contribution in [0.3, 0.4) is 0 Å². The molecule has 0 amide bonds. The Hall–Kier alpha value is -1.89. The van der Waals surface area contributed by atoms with Gasteiger partial charge in [-0.1, -0.05) is 74.4 Å². The Morgan fingerprint density at radius 1 is 0.857 bits per heavy atom. The Morgan fingerprint density at radius 3 is 2.11 bits per heavy atom. The van der Waals surface area contributed by atoms with Gasteiger partial charge in [-0.2, -0.15) is 0 Å². The standard InChI is InChI=1S/C27H35F/c1-2-3-4-7-22-9-13-24(14-10-22)26-17-19-27(20-18-26)25-15-11-23(12-16-25)8-5-6-21-28/h6,9-10,13-14,17-21,23,25H,2-5,7-8,11-12,15-16H2,1H3/t23-,25-. The quantitative estimate of drug-likeness (QED) is 0.383. The van der Waals surface area contributed by atoms with E-state index in [0.29, 0.717) is 12.2 Å². The number of unbranched alkanes of at least 4 members (excludes halogenated alkanes) is 2. The monoisotopic (exact) mass is 378 g/mol. The molecule has 0 aliphatic heterocycles. The average molecular weight is 379 g/mol. The van der Waals surface area contributed by atoms with Crippen molar-refractivity contribution < 1.29 is 4.39 Å². The van der Waals surface area contributed by atoms with Gasteiger partial charge in [-0.05, 0) is 85.5 Å². The van der Waals surface area contributed by atoms with Gasteiger partial charge in [-0.15, -0.1) is 0 Å². The van der Waals surface area contributed by atoms with Crippen molar-refractivity contribution in [1.29, 1.82) is 0 Å². The molecule has 1 aliphatic carbocycles. The van der Waals surface area contributed by atoms with Crippen LogP contribution in [-0.2, 0) is 6.42 Å². The minimum absolute atomic E-state index is 0.688. The molecule has 3 rings (SSSR count). The fourth-order valence-corrected chi connectivity index (χ4v) is 4.57. The van der Waals surface area contributed by atoms with Gasteiger partial charge in [-0.25, -0.2) is 4.39 Å². The molecule has 2 aromatic rings. The van der Waals surface area contributed by atoms with Crippen LogP contribution in [0.5, 0.6) is 0 Å². The third-order valence-electron chi connectivity index (χ3n) is 6.42. The molecule has 1 aliphatic rings. The van der Waals surface area contributed by atoms with Gasteiger partial charge in [0.1, 0.15) is 0 Å². The summed E-state index contributed by atoms with van der Waals surface area (Å²) in [6.07, 6.45) is 14.6. The van der Waals surface area contributed by atoms with E-state index in [2.05, 4.69) is 55.5 Å². The molecular weight excluding hydrogens is 343 g/mol. The predicted octanol–water partition coefficient (Wildman–Crippen LogP) is 8.62. The maximum absolute atomic E-state index is 12.1. The van der Waals surface area contributed by atoms with Crippen molar-refractivity contribution in [2.45, 2.75) is 77.0 Å². The fourth-order valence-electron chi connectivity index (χ4n) is 4.57. The van der Waals surface area contributed by atoms with Gasteiger partial charge >= 0.3 is 0 Å². The predicted molar refractivity (Wildman–Crippen MR) is 119 cm³/mol. The first-order valence-corrected chi connectivity index (χ1v) is 11.2. The van der Waals surface area contributed by atoms with E-state index in [1.54, 1.807) is 6.08 Å². The van der Waals surface area contributed by atoms with Crippen LogP contribution in [0.4, 0.5) is 4.39 Å². The molecule has 0 bridgehead atoms. The SMILES string of the molecule is CCCCCc1ccc(-c2ccc([C@H]3CC[C@H](CCC=CF)CC3)cc2)cc1. The Balaban J connectivity index is 1.52. The van der Waals surface area contributed by atoms with Gasteiger partial charge in [-0.3, -0.25) is 0 Å². The lowest BCUT2D eigenvalue weighted by atomic mass is 9.77. The molecule has 0 nitrogen and oxygen atoms in total. The highest BCUT2D eigenvalue weighted by atomic mass is 19.1. The average Bonchev–Trinajstić information content (AvgIpc) is 2.75. The molecule has 0 radical (unpaired) electrons. The summed E-state index contributed by atoms with van der Waals surface area (Å²) in [5, 5.41) is 0. The summed E-state index contributed by atoms with van der Waals surface area (Å²) in [5.74, 6) is 1.48. The Kier molecular flexibility index (Phi) is 8.33. The van der Waals surface area contributed by atoms with E-state index in [1.165, 1.54) is 73.6 Å². The van der Waals surface area contributed by atoms with E-state index in [1.807, 2.05) is 0 Å². The maximum Gasteiger partial charge on any atom is 0.0827 e. The Bertz CT molecular complexity index is 703. The lowest BCUT2D eigenvalue weighted by molar-refractivity contribution is 0.311. The largest absolute Gasteiger partial charge is 0.216 e. The molecule has 0 saturated heterocycles. The summed E-state index contributed by atoms with van der Waals surface area (Å²) in [6, 6.07) is 18.4. The van der Waals surface area contributed by atoms with E-state index in [0.717, 1.165) is 18.8 Å². The van der Waals surface area contributed by atoms with Crippen LogP contribution in [-0.4, -0.2) is 0 Å². The Labute approximate surface area is 170 Å².